The van der Waals surface area contributed by atoms with E-state index in [1.54, 1.807) is 18.2 Å². The average molecular weight is 470 g/mol. The molecule has 1 saturated heterocycles. The van der Waals surface area contributed by atoms with Gasteiger partial charge in [0.1, 0.15) is 28.1 Å². The number of ether oxygens (including phenoxy) is 2. The monoisotopic (exact) mass is 469 g/mol. The number of likely N-dealkylation sites (N-methyl/N-ethyl adjacent to an activating group) is 1. The van der Waals surface area contributed by atoms with Crippen molar-refractivity contribution in [3.8, 4) is 16.3 Å². The van der Waals surface area contributed by atoms with Crippen LogP contribution < -0.4 is 10.1 Å². The molecule has 0 atom stereocenters. The van der Waals surface area contributed by atoms with Crippen molar-refractivity contribution in [1.82, 2.24) is 15.2 Å². The molecule has 174 valence electrons. The lowest BCUT2D eigenvalue weighted by atomic mass is 10.1. The van der Waals surface area contributed by atoms with Gasteiger partial charge in [-0.2, -0.15) is 0 Å². The molecule has 1 amide bonds. The minimum atomic E-state index is -0.352. The van der Waals surface area contributed by atoms with Crippen LogP contribution in [0, 0.1) is 5.82 Å². The van der Waals surface area contributed by atoms with Crippen molar-refractivity contribution in [2.75, 3.05) is 33.4 Å². The van der Waals surface area contributed by atoms with E-state index in [1.807, 2.05) is 24.3 Å². The van der Waals surface area contributed by atoms with Crippen LogP contribution in [-0.2, 0) is 11.3 Å². The number of hydrogen-bond donors (Lipinski definition) is 1. The van der Waals surface area contributed by atoms with Gasteiger partial charge in [-0.25, -0.2) is 9.37 Å². The minimum absolute atomic E-state index is 0.237. The zero-order valence-corrected chi connectivity index (χ0v) is 19.4. The summed E-state index contributed by atoms with van der Waals surface area (Å²) in [7, 11) is 2.13. The Labute approximate surface area is 197 Å². The number of nitrogens with zero attached hydrogens (tertiary/aromatic N) is 2. The maximum atomic E-state index is 14.0. The highest BCUT2D eigenvalue weighted by molar-refractivity contribution is 7.16. The highest BCUT2D eigenvalue weighted by Crippen LogP contribution is 2.27. The fourth-order valence-corrected chi connectivity index (χ4v) is 4.63. The first kappa shape index (κ1) is 23.4. The molecule has 0 radical (unpaired) electrons. The summed E-state index contributed by atoms with van der Waals surface area (Å²) in [5.41, 5.74) is 1.34. The van der Waals surface area contributed by atoms with Crippen LogP contribution in [-0.4, -0.2) is 55.2 Å². The number of benzene rings is 2. The van der Waals surface area contributed by atoms with Gasteiger partial charge in [0.25, 0.3) is 5.91 Å². The molecule has 0 bridgehead atoms. The quantitative estimate of drug-likeness (QED) is 0.504. The number of rotatable bonds is 9. The van der Waals surface area contributed by atoms with Gasteiger partial charge in [-0.05, 0) is 49.7 Å². The van der Waals surface area contributed by atoms with E-state index in [9.17, 15) is 9.18 Å². The first-order valence-corrected chi connectivity index (χ1v) is 11.9. The Morgan fingerprint density at radius 3 is 2.88 bits per heavy atom. The zero-order valence-electron chi connectivity index (χ0n) is 18.6. The topological polar surface area (TPSA) is 63.7 Å². The van der Waals surface area contributed by atoms with Crippen molar-refractivity contribution in [1.29, 1.82) is 0 Å². The normalized spacial score (nSPS) is 14.4. The third-order valence-electron chi connectivity index (χ3n) is 5.71. The van der Waals surface area contributed by atoms with Crippen molar-refractivity contribution < 1.29 is 18.7 Å². The van der Waals surface area contributed by atoms with Crippen LogP contribution in [0.3, 0.4) is 0 Å². The molecule has 0 aliphatic carbocycles. The van der Waals surface area contributed by atoms with Gasteiger partial charge in [-0.1, -0.05) is 24.3 Å². The SMILES string of the molecule is CN(CCOc1cccc(CNC(=O)c2cnc(-c3ccccc3F)s2)c1)C1CCOCC1. The van der Waals surface area contributed by atoms with Crippen LogP contribution >= 0.6 is 11.3 Å². The molecule has 1 aliphatic heterocycles. The summed E-state index contributed by atoms with van der Waals surface area (Å²) in [5.74, 6) is 0.191. The Morgan fingerprint density at radius 1 is 1.24 bits per heavy atom. The van der Waals surface area contributed by atoms with Gasteiger partial charge >= 0.3 is 0 Å². The second-order valence-electron chi connectivity index (χ2n) is 8.01. The molecule has 1 fully saturated rings. The van der Waals surface area contributed by atoms with Crippen LogP contribution in [0.4, 0.5) is 4.39 Å². The second kappa shape index (κ2) is 11.4. The van der Waals surface area contributed by atoms with Crippen LogP contribution in [0.5, 0.6) is 5.75 Å². The van der Waals surface area contributed by atoms with E-state index in [1.165, 1.54) is 23.6 Å². The van der Waals surface area contributed by atoms with E-state index in [-0.39, 0.29) is 11.7 Å². The first-order chi connectivity index (χ1) is 16.1. The molecule has 0 saturated carbocycles. The summed E-state index contributed by atoms with van der Waals surface area (Å²) < 4.78 is 25.3. The molecular weight excluding hydrogens is 441 g/mol. The fourth-order valence-electron chi connectivity index (χ4n) is 3.77. The van der Waals surface area contributed by atoms with Gasteiger partial charge in [0.15, 0.2) is 0 Å². The van der Waals surface area contributed by atoms with Gasteiger partial charge in [-0.3, -0.25) is 9.69 Å². The molecule has 6 nitrogen and oxygen atoms in total. The Balaban J connectivity index is 1.26. The molecule has 0 unspecified atom stereocenters. The number of aromatic nitrogens is 1. The molecule has 2 aromatic carbocycles. The Hall–Kier alpha value is -2.81. The summed E-state index contributed by atoms with van der Waals surface area (Å²) in [6, 6.07) is 14.7. The molecule has 1 aliphatic rings. The van der Waals surface area contributed by atoms with Crippen LogP contribution in [0.25, 0.3) is 10.6 Å². The van der Waals surface area contributed by atoms with E-state index >= 15 is 0 Å². The van der Waals surface area contributed by atoms with Crippen molar-refractivity contribution in [2.45, 2.75) is 25.4 Å². The molecule has 4 rings (SSSR count). The van der Waals surface area contributed by atoms with Gasteiger partial charge in [-0.15, -0.1) is 11.3 Å². The van der Waals surface area contributed by atoms with E-state index in [0.29, 0.717) is 34.6 Å². The molecule has 0 spiro atoms. The number of nitrogens with one attached hydrogen (secondary N) is 1. The molecule has 8 heteroatoms. The largest absolute Gasteiger partial charge is 0.492 e. The molecule has 3 aromatic rings. The average Bonchev–Trinajstić information content (AvgIpc) is 3.34. The number of amides is 1. The molecule has 1 aromatic heterocycles. The number of carbonyl (C=O) groups excluding carboxylic acids is 1. The van der Waals surface area contributed by atoms with Gasteiger partial charge in [0.2, 0.25) is 0 Å². The summed E-state index contributed by atoms with van der Waals surface area (Å²) in [4.78, 5) is 19.5. The van der Waals surface area contributed by atoms with Crippen molar-refractivity contribution >= 4 is 17.2 Å². The Bertz CT molecular complexity index is 1070. The van der Waals surface area contributed by atoms with Gasteiger partial charge in [0.05, 0.1) is 6.20 Å². The number of thiazole rings is 1. The highest BCUT2D eigenvalue weighted by atomic mass is 32.1. The molecular formula is C25H28FN3O3S. The van der Waals surface area contributed by atoms with Crippen molar-refractivity contribution in [2.24, 2.45) is 0 Å². The van der Waals surface area contributed by atoms with Gasteiger partial charge < -0.3 is 14.8 Å². The third-order valence-corrected chi connectivity index (χ3v) is 6.74. The Kier molecular flexibility index (Phi) is 8.04. The standard InChI is InChI=1S/C25H28FN3O3S/c1-29(19-9-12-31-13-10-19)11-14-32-20-6-4-5-18(15-20)16-27-24(30)23-17-28-25(33-23)21-7-2-3-8-22(21)26/h2-8,15,17,19H,9-14,16H2,1H3,(H,27,30). The molecule has 2 heterocycles. The molecule has 33 heavy (non-hydrogen) atoms. The van der Waals surface area contributed by atoms with E-state index in [2.05, 4.69) is 22.2 Å². The predicted octanol–water partition coefficient (Wildman–Crippen LogP) is 4.37. The lowest BCUT2D eigenvalue weighted by molar-refractivity contribution is 0.0392. The lowest BCUT2D eigenvalue weighted by Gasteiger charge is -2.31. The Morgan fingerprint density at radius 2 is 2.06 bits per heavy atom. The molecule has 1 N–H and O–H groups in total. The number of hydrogen-bond acceptors (Lipinski definition) is 6. The third kappa shape index (κ3) is 6.37. The summed E-state index contributed by atoms with van der Waals surface area (Å²) >= 11 is 1.17. The smallest absolute Gasteiger partial charge is 0.263 e. The van der Waals surface area contributed by atoms with Crippen LogP contribution in [0.1, 0.15) is 28.1 Å². The maximum absolute atomic E-state index is 14.0. The summed E-state index contributed by atoms with van der Waals surface area (Å²) in [6.07, 6.45) is 3.61. The lowest BCUT2D eigenvalue weighted by Crippen LogP contribution is -2.38. The predicted molar refractivity (Wildman–Crippen MR) is 127 cm³/mol. The fraction of sp³-hybridized carbons (Fsp3) is 0.360. The van der Waals surface area contributed by atoms with E-state index < -0.39 is 0 Å². The van der Waals surface area contributed by atoms with Crippen LogP contribution in [0.15, 0.2) is 54.7 Å². The summed E-state index contributed by atoms with van der Waals surface area (Å²) in [6.45, 7) is 3.47. The number of halogens is 1. The highest BCUT2D eigenvalue weighted by Gasteiger charge is 2.18. The minimum Gasteiger partial charge on any atom is -0.492 e. The zero-order chi connectivity index (χ0) is 23.0. The first-order valence-electron chi connectivity index (χ1n) is 11.1. The van der Waals surface area contributed by atoms with Crippen molar-refractivity contribution in [3.05, 3.63) is 71.0 Å². The summed E-state index contributed by atoms with van der Waals surface area (Å²) in [5, 5.41) is 3.39. The van der Waals surface area contributed by atoms with Gasteiger partial charge in [0, 0.05) is 37.9 Å². The second-order valence-corrected chi connectivity index (χ2v) is 9.04. The van der Waals surface area contributed by atoms with E-state index in [0.717, 1.165) is 43.9 Å². The number of carbonyl (C=O) groups is 1. The maximum Gasteiger partial charge on any atom is 0.263 e. The van der Waals surface area contributed by atoms with Crippen LogP contribution in [0.2, 0.25) is 0 Å². The van der Waals surface area contributed by atoms with Crippen molar-refractivity contribution in [3.63, 3.8) is 0 Å². The van der Waals surface area contributed by atoms with E-state index in [4.69, 9.17) is 9.47 Å².